The highest BCUT2D eigenvalue weighted by atomic mass is 19.2. The molecule has 1 aromatic rings. The second kappa shape index (κ2) is 5.15. The van der Waals surface area contributed by atoms with Crippen LogP contribution in [0.4, 0.5) is 13.2 Å². The van der Waals surface area contributed by atoms with E-state index in [1.807, 2.05) is 0 Å². The minimum Gasteiger partial charge on any atom is -0.390 e. The van der Waals surface area contributed by atoms with Crippen molar-refractivity contribution in [3.8, 4) is 0 Å². The van der Waals surface area contributed by atoms with Gasteiger partial charge < -0.3 is 15.9 Å². The number of benzene rings is 1. The molecule has 7 heteroatoms. The predicted octanol–water partition coefficient (Wildman–Crippen LogP) is 0.374. The average molecular weight is 249 g/mol. The van der Waals surface area contributed by atoms with Crippen LogP contribution in [-0.4, -0.2) is 22.2 Å². The quantitative estimate of drug-likeness (QED) is 0.674. The first-order valence-corrected chi connectivity index (χ1v) is 4.62. The number of hydrogen-bond acceptors (Lipinski definition) is 3. The molecule has 4 N–H and O–H groups in total. The number of amides is 1. The maximum Gasteiger partial charge on any atom is 0.220 e. The molecule has 0 heterocycles. The Morgan fingerprint density at radius 3 is 2.35 bits per heavy atom. The molecule has 0 radical (unpaired) electrons. The minimum atomic E-state index is -1.86. The molecule has 0 fully saturated rings. The van der Waals surface area contributed by atoms with E-state index in [0.29, 0.717) is 6.07 Å². The molecule has 1 aromatic carbocycles. The van der Waals surface area contributed by atoms with E-state index in [1.54, 1.807) is 0 Å². The third-order valence-electron chi connectivity index (χ3n) is 2.16. The normalized spacial score (nSPS) is 14.4. The molecule has 0 aliphatic rings. The maximum atomic E-state index is 13.2. The second-order valence-corrected chi connectivity index (χ2v) is 3.45. The van der Waals surface area contributed by atoms with Crippen molar-refractivity contribution in [3.05, 3.63) is 35.1 Å². The zero-order valence-electron chi connectivity index (χ0n) is 8.53. The first-order valence-electron chi connectivity index (χ1n) is 4.62. The standard InChI is InChI=1S/C10H10F3NO3/c11-5-2-1-4(8(12)9(5)13)10(17)6(15)3-7(14)16/h1-2,6,10,15,17H,3H2,(H2,14,16). The highest BCUT2D eigenvalue weighted by molar-refractivity contribution is 5.74. The molecular formula is C10H10F3NO3. The molecule has 0 aliphatic carbocycles. The van der Waals surface area contributed by atoms with Gasteiger partial charge in [0.25, 0.3) is 0 Å². The summed E-state index contributed by atoms with van der Waals surface area (Å²) < 4.78 is 38.7. The summed E-state index contributed by atoms with van der Waals surface area (Å²) in [6, 6.07) is 1.39. The Morgan fingerprint density at radius 1 is 1.24 bits per heavy atom. The van der Waals surface area contributed by atoms with Gasteiger partial charge in [-0.1, -0.05) is 6.07 Å². The first-order chi connectivity index (χ1) is 7.84. The van der Waals surface area contributed by atoms with Gasteiger partial charge in [-0.05, 0) is 6.07 Å². The maximum absolute atomic E-state index is 13.2. The highest BCUT2D eigenvalue weighted by Gasteiger charge is 2.25. The van der Waals surface area contributed by atoms with Crippen molar-refractivity contribution >= 4 is 5.91 Å². The molecule has 0 aromatic heterocycles. The second-order valence-electron chi connectivity index (χ2n) is 3.45. The Kier molecular flexibility index (Phi) is 4.08. The number of aliphatic hydroxyl groups is 2. The van der Waals surface area contributed by atoms with Crippen LogP contribution in [0.5, 0.6) is 0 Å². The molecule has 0 bridgehead atoms. The fourth-order valence-electron chi connectivity index (χ4n) is 1.29. The molecule has 1 rings (SSSR count). The molecule has 2 atom stereocenters. The van der Waals surface area contributed by atoms with E-state index in [0.717, 1.165) is 6.07 Å². The van der Waals surface area contributed by atoms with Crippen molar-refractivity contribution in [2.24, 2.45) is 5.73 Å². The summed E-state index contributed by atoms with van der Waals surface area (Å²) in [4.78, 5) is 10.5. The highest BCUT2D eigenvalue weighted by Crippen LogP contribution is 2.24. The van der Waals surface area contributed by atoms with E-state index in [-0.39, 0.29) is 0 Å². The monoisotopic (exact) mass is 249 g/mol. The van der Waals surface area contributed by atoms with Gasteiger partial charge in [-0.25, -0.2) is 13.2 Å². The van der Waals surface area contributed by atoms with Crippen molar-refractivity contribution in [2.75, 3.05) is 0 Å². The van der Waals surface area contributed by atoms with Gasteiger partial charge in [-0.2, -0.15) is 0 Å². The van der Waals surface area contributed by atoms with Crippen LogP contribution in [0.2, 0.25) is 0 Å². The van der Waals surface area contributed by atoms with Crippen LogP contribution >= 0.6 is 0 Å². The third-order valence-corrected chi connectivity index (χ3v) is 2.16. The Bertz CT molecular complexity index is 439. The van der Waals surface area contributed by atoms with Gasteiger partial charge in [0.15, 0.2) is 17.5 Å². The molecule has 2 unspecified atom stereocenters. The zero-order chi connectivity index (χ0) is 13.2. The summed E-state index contributed by atoms with van der Waals surface area (Å²) >= 11 is 0. The molecule has 1 amide bonds. The van der Waals surface area contributed by atoms with Crippen LogP contribution in [-0.2, 0) is 4.79 Å². The van der Waals surface area contributed by atoms with E-state index in [9.17, 15) is 28.2 Å². The van der Waals surface area contributed by atoms with Crippen LogP contribution in [0.15, 0.2) is 12.1 Å². The topological polar surface area (TPSA) is 83.6 Å². The van der Waals surface area contributed by atoms with Crippen molar-refractivity contribution < 1.29 is 28.2 Å². The fourth-order valence-corrected chi connectivity index (χ4v) is 1.29. The SMILES string of the molecule is NC(=O)CC(O)C(O)c1ccc(F)c(F)c1F. The molecule has 4 nitrogen and oxygen atoms in total. The average Bonchev–Trinajstić information content (AvgIpc) is 2.24. The summed E-state index contributed by atoms with van der Waals surface area (Å²) in [5, 5.41) is 18.7. The van der Waals surface area contributed by atoms with Crippen LogP contribution in [0.25, 0.3) is 0 Å². The van der Waals surface area contributed by atoms with Crippen LogP contribution in [0.3, 0.4) is 0 Å². The van der Waals surface area contributed by atoms with Crippen LogP contribution in [0.1, 0.15) is 18.1 Å². The van der Waals surface area contributed by atoms with Gasteiger partial charge in [0, 0.05) is 5.56 Å². The lowest BCUT2D eigenvalue weighted by molar-refractivity contribution is -0.121. The van der Waals surface area contributed by atoms with Crippen molar-refractivity contribution in [1.29, 1.82) is 0 Å². The Hall–Kier alpha value is -1.60. The van der Waals surface area contributed by atoms with E-state index in [4.69, 9.17) is 5.73 Å². The lowest BCUT2D eigenvalue weighted by Crippen LogP contribution is -2.26. The molecule has 0 aliphatic heterocycles. The van der Waals surface area contributed by atoms with Crippen molar-refractivity contribution in [2.45, 2.75) is 18.6 Å². The molecule has 0 spiro atoms. The number of carbonyl (C=O) groups is 1. The van der Waals surface area contributed by atoms with Gasteiger partial charge in [-0.15, -0.1) is 0 Å². The Morgan fingerprint density at radius 2 is 1.82 bits per heavy atom. The largest absolute Gasteiger partial charge is 0.390 e. The van der Waals surface area contributed by atoms with E-state index in [1.165, 1.54) is 0 Å². The number of aliphatic hydroxyl groups excluding tert-OH is 2. The zero-order valence-corrected chi connectivity index (χ0v) is 8.53. The third kappa shape index (κ3) is 2.95. The number of carbonyl (C=O) groups excluding carboxylic acids is 1. The minimum absolute atomic E-state index is 0.605. The van der Waals surface area contributed by atoms with Gasteiger partial charge in [0.05, 0.1) is 12.5 Å². The number of hydrogen-bond donors (Lipinski definition) is 3. The molecule has 0 saturated carbocycles. The van der Waals surface area contributed by atoms with Gasteiger partial charge in [0.2, 0.25) is 5.91 Å². The fraction of sp³-hybridized carbons (Fsp3) is 0.300. The summed E-state index contributed by atoms with van der Waals surface area (Å²) in [6.07, 6.45) is -4.18. The molecule has 94 valence electrons. The lowest BCUT2D eigenvalue weighted by Gasteiger charge is -2.17. The number of nitrogens with two attached hydrogens (primary N) is 1. The molecule has 17 heavy (non-hydrogen) atoms. The Balaban J connectivity index is 3.00. The first kappa shape index (κ1) is 13.5. The van der Waals surface area contributed by atoms with Crippen LogP contribution < -0.4 is 5.73 Å². The van der Waals surface area contributed by atoms with Gasteiger partial charge >= 0.3 is 0 Å². The van der Waals surface area contributed by atoms with Gasteiger partial charge in [-0.3, -0.25) is 4.79 Å². The summed E-state index contributed by atoms with van der Waals surface area (Å²) in [5.74, 6) is -5.70. The number of rotatable bonds is 4. The van der Waals surface area contributed by atoms with E-state index >= 15 is 0 Å². The molecular weight excluding hydrogens is 239 g/mol. The Labute approximate surface area is 94.5 Å². The lowest BCUT2D eigenvalue weighted by atomic mass is 10.0. The van der Waals surface area contributed by atoms with Crippen LogP contribution in [0, 0.1) is 17.5 Å². The summed E-state index contributed by atoms with van der Waals surface area (Å²) in [7, 11) is 0. The van der Waals surface area contributed by atoms with E-state index < -0.39 is 47.6 Å². The predicted molar refractivity (Wildman–Crippen MR) is 51.1 cm³/mol. The number of primary amides is 1. The smallest absolute Gasteiger partial charge is 0.220 e. The summed E-state index contributed by atoms with van der Waals surface area (Å²) in [6.45, 7) is 0. The van der Waals surface area contributed by atoms with Crippen molar-refractivity contribution in [3.63, 3.8) is 0 Å². The number of halogens is 3. The van der Waals surface area contributed by atoms with Gasteiger partial charge in [0.1, 0.15) is 6.10 Å². The van der Waals surface area contributed by atoms with Crippen molar-refractivity contribution in [1.82, 2.24) is 0 Å². The van der Waals surface area contributed by atoms with E-state index in [2.05, 4.69) is 0 Å². The summed E-state index contributed by atoms with van der Waals surface area (Å²) in [5.41, 5.74) is 4.12. The molecule has 0 saturated heterocycles.